The van der Waals surface area contributed by atoms with Crippen LogP contribution in [0, 0.1) is 0 Å². The number of piperidine rings is 1. The zero-order valence-corrected chi connectivity index (χ0v) is 17.8. The molecule has 2 aromatic heterocycles. The third-order valence-corrected chi connectivity index (χ3v) is 6.46. The van der Waals surface area contributed by atoms with Crippen LogP contribution in [0.1, 0.15) is 26.7 Å². The Morgan fingerprint density at radius 2 is 2.07 bits per heavy atom. The number of aromatic nitrogens is 4. The molecule has 1 saturated heterocycles. The number of hydrogen-bond acceptors (Lipinski definition) is 9. The number of nitrogen functional groups attached to an aromatic ring is 1. The molecule has 3 aromatic rings. The highest BCUT2D eigenvalue weighted by Gasteiger charge is 2.19. The van der Waals surface area contributed by atoms with E-state index in [2.05, 4.69) is 30.8 Å². The second kappa shape index (κ2) is 8.88. The van der Waals surface area contributed by atoms with Gasteiger partial charge in [-0.3, -0.25) is 4.21 Å². The molecule has 158 valence electrons. The Hall–Kier alpha value is -2.85. The van der Waals surface area contributed by atoms with Crippen LogP contribution in [0.15, 0.2) is 39.8 Å². The van der Waals surface area contributed by atoms with Crippen LogP contribution in [0.2, 0.25) is 0 Å². The molecular weight excluding hydrogens is 402 g/mol. The Morgan fingerprint density at radius 1 is 1.27 bits per heavy atom. The zero-order valence-electron chi connectivity index (χ0n) is 17.0. The summed E-state index contributed by atoms with van der Waals surface area (Å²) < 4.78 is 18.0. The molecule has 4 N–H and O–H groups in total. The van der Waals surface area contributed by atoms with Crippen LogP contribution in [0.4, 0.5) is 11.8 Å². The van der Waals surface area contributed by atoms with E-state index in [1.165, 1.54) is 0 Å². The first-order valence-electron chi connectivity index (χ1n) is 9.96. The van der Waals surface area contributed by atoms with Gasteiger partial charge in [-0.25, -0.2) is 9.97 Å². The smallest absolute Gasteiger partial charge is 0.316 e. The van der Waals surface area contributed by atoms with Gasteiger partial charge in [0.25, 0.3) is 5.89 Å². The van der Waals surface area contributed by atoms with Gasteiger partial charge >= 0.3 is 6.01 Å². The Labute approximate surface area is 177 Å². The van der Waals surface area contributed by atoms with E-state index in [0.717, 1.165) is 36.4 Å². The lowest BCUT2D eigenvalue weighted by molar-refractivity contribution is 0.465. The van der Waals surface area contributed by atoms with Crippen molar-refractivity contribution in [2.45, 2.75) is 42.9 Å². The molecule has 0 saturated carbocycles. The maximum Gasteiger partial charge on any atom is 0.316 e. The van der Waals surface area contributed by atoms with Crippen LogP contribution in [0.5, 0.6) is 0 Å². The van der Waals surface area contributed by atoms with Crippen molar-refractivity contribution in [3.63, 3.8) is 0 Å². The van der Waals surface area contributed by atoms with E-state index in [9.17, 15) is 4.21 Å². The van der Waals surface area contributed by atoms with Crippen LogP contribution in [-0.2, 0) is 10.8 Å². The van der Waals surface area contributed by atoms with Gasteiger partial charge in [-0.1, -0.05) is 31.1 Å². The molecule has 1 aliphatic heterocycles. The Bertz CT molecular complexity index is 1030. The summed E-state index contributed by atoms with van der Waals surface area (Å²) in [7, 11) is -1.04. The standard InChI is InChI=1S/C20H25N7O2S/c1-12(2)30(28)15-7-5-13(6-8-15)16-11-23-18(21)17(25-16)19-26-27-20(29-19)24-14-4-3-9-22-10-14/h5-8,11-12,14,22H,3-4,9-10H2,1-2H3,(H2,21,23)(H,24,27). The number of nitrogens with two attached hydrogens (primary N) is 1. The number of benzene rings is 1. The van der Waals surface area contributed by atoms with E-state index >= 15 is 0 Å². The summed E-state index contributed by atoms with van der Waals surface area (Å²) in [5.74, 6) is 0.427. The Kier molecular flexibility index (Phi) is 6.05. The minimum absolute atomic E-state index is 0.0588. The first-order chi connectivity index (χ1) is 14.5. The van der Waals surface area contributed by atoms with Crippen molar-refractivity contribution in [2.24, 2.45) is 0 Å². The van der Waals surface area contributed by atoms with Crippen LogP contribution in [-0.4, -0.2) is 48.8 Å². The fourth-order valence-electron chi connectivity index (χ4n) is 3.25. The lowest BCUT2D eigenvalue weighted by Crippen LogP contribution is -2.38. The molecule has 0 amide bonds. The molecular formula is C20H25N7O2S. The Balaban J connectivity index is 1.56. The number of hydrogen-bond donors (Lipinski definition) is 3. The maximum atomic E-state index is 12.3. The second-order valence-corrected chi connectivity index (χ2v) is 9.47. The molecule has 30 heavy (non-hydrogen) atoms. The van der Waals surface area contributed by atoms with Gasteiger partial charge in [0.05, 0.1) is 22.7 Å². The topological polar surface area (TPSA) is 132 Å². The van der Waals surface area contributed by atoms with Crippen molar-refractivity contribution >= 4 is 22.6 Å². The van der Waals surface area contributed by atoms with E-state index in [0.29, 0.717) is 17.4 Å². The van der Waals surface area contributed by atoms with Crippen LogP contribution in [0.3, 0.4) is 0 Å². The van der Waals surface area contributed by atoms with Crippen LogP contribution >= 0.6 is 0 Å². The summed E-state index contributed by atoms with van der Waals surface area (Å²) in [5.41, 5.74) is 7.80. The van der Waals surface area contributed by atoms with Gasteiger partial charge in [-0.15, -0.1) is 5.10 Å². The third-order valence-electron chi connectivity index (χ3n) is 4.86. The minimum Gasteiger partial charge on any atom is -0.402 e. The fraction of sp³-hybridized carbons (Fsp3) is 0.400. The quantitative estimate of drug-likeness (QED) is 0.542. The minimum atomic E-state index is -1.04. The SMILES string of the molecule is CC(C)S(=O)c1ccc(-c2cnc(N)c(-c3nnc(NC4CCCNC4)o3)n2)cc1. The van der Waals surface area contributed by atoms with E-state index in [1.807, 2.05) is 38.1 Å². The number of nitrogens with one attached hydrogen (secondary N) is 2. The average molecular weight is 428 g/mol. The molecule has 4 rings (SSSR count). The normalized spacial score (nSPS) is 17.8. The highest BCUT2D eigenvalue weighted by atomic mass is 32.2. The van der Waals surface area contributed by atoms with Crippen molar-refractivity contribution in [1.29, 1.82) is 0 Å². The average Bonchev–Trinajstić information content (AvgIpc) is 3.22. The molecule has 2 unspecified atom stereocenters. The summed E-state index contributed by atoms with van der Waals surface area (Å²) in [4.78, 5) is 9.60. The van der Waals surface area contributed by atoms with Crippen LogP contribution < -0.4 is 16.4 Å². The predicted octanol–water partition coefficient (Wildman–Crippen LogP) is 2.46. The molecule has 0 bridgehead atoms. The van der Waals surface area contributed by atoms with Crippen molar-refractivity contribution in [2.75, 3.05) is 24.1 Å². The molecule has 1 aliphatic rings. The lowest BCUT2D eigenvalue weighted by atomic mass is 10.1. The maximum absolute atomic E-state index is 12.3. The van der Waals surface area contributed by atoms with Crippen LogP contribution in [0.25, 0.3) is 22.8 Å². The number of nitrogens with zero attached hydrogens (tertiary/aromatic N) is 4. The second-order valence-electron chi connectivity index (χ2n) is 7.46. The molecule has 0 aliphatic carbocycles. The number of rotatable bonds is 6. The first kappa shape index (κ1) is 20.4. The van der Waals surface area contributed by atoms with E-state index in [1.54, 1.807) is 6.20 Å². The summed E-state index contributed by atoms with van der Waals surface area (Å²) >= 11 is 0. The molecule has 3 heterocycles. The van der Waals surface area contributed by atoms with E-state index < -0.39 is 10.8 Å². The molecule has 10 heteroatoms. The largest absolute Gasteiger partial charge is 0.402 e. The highest BCUT2D eigenvalue weighted by Crippen LogP contribution is 2.27. The summed E-state index contributed by atoms with van der Waals surface area (Å²) in [6.45, 7) is 5.74. The fourth-order valence-corrected chi connectivity index (χ4v) is 4.20. The van der Waals surface area contributed by atoms with Crippen molar-refractivity contribution in [3.8, 4) is 22.8 Å². The van der Waals surface area contributed by atoms with E-state index in [4.69, 9.17) is 10.2 Å². The summed E-state index contributed by atoms with van der Waals surface area (Å²) in [6.07, 6.45) is 3.74. The first-order valence-corrected chi connectivity index (χ1v) is 11.2. The highest BCUT2D eigenvalue weighted by molar-refractivity contribution is 7.85. The molecule has 9 nitrogen and oxygen atoms in total. The molecule has 1 fully saturated rings. The van der Waals surface area contributed by atoms with Gasteiger partial charge in [-0.2, -0.15) is 0 Å². The number of anilines is 2. The zero-order chi connectivity index (χ0) is 21.1. The molecule has 2 atom stereocenters. The monoisotopic (exact) mass is 427 g/mol. The van der Waals surface area contributed by atoms with Crippen molar-refractivity contribution < 1.29 is 8.63 Å². The predicted molar refractivity (Wildman–Crippen MR) is 116 cm³/mol. The van der Waals surface area contributed by atoms with E-state index in [-0.39, 0.29) is 23.0 Å². The van der Waals surface area contributed by atoms with Gasteiger partial charge < -0.3 is 20.8 Å². The molecule has 1 aromatic carbocycles. The summed E-state index contributed by atoms with van der Waals surface area (Å²) in [5, 5.41) is 14.8. The van der Waals surface area contributed by atoms with Gasteiger partial charge in [0.15, 0.2) is 11.5 Å². The van der Waals surface area contributed by atoms with Gasteiger partial charge in [0.2, 0.25) is 0 Å². The third kappa shape index (κ3) is 4.49. The van der Waals surface area contributed by atoms with Crippen molar-refractivity contribution in [1.82, 2.24) is 25.5 Å². The van der Waals surface area contributed by atoms with Gasteiger partial charge in [0.1, 0.15) is 0 Å². The molecule has 0 radical (unpaired) electrons. The Morgan fingerprint density at radius 3 is 2.77 bits per heavy atom. The lowest BCUT2D eigenvalue weighted by Gasteiger charge is -2.22. The summed E-state index contributed by atoms with van der Waals surface area (Å²) in [6, 6.07) is 8.02. The van der Waals surface area contributed by atoms with Gasteiger partial charge in [0, 0.05) is 28.3 Å². The molecule has 0 spiro atoms. The van der Waals surface area contributed by atoms with Crippen molar-refractivity contribution in [3.05, 3.63) is 30.5 Å². The van der Waals surface area contributed by atoms with Gasteiger partial charge in [-0.05, 0) is 31.5 Å².